The van der Waals surface area contributed by atoms with Crippen molar-refractivity contribution in [3.05, 3.63) is 0 Å². The normalized spacial score (nSPS) is 16.2. The van der Waals surface area contributed by atoms with E-state index in [9.17, 15) is 4.79 Å². The molecule has 96 valence electrons. The van der Waals surface area contributed by atoms with Gasteiger partial charge in [-0.3, -0.25) is 4.79 Å². The van der Waals surface area contributed by atoms with Crippen molar-refractivity contribution >= 4 is 30.1 Å². The first-order valence-corrected chi connectivity index (χ1v) is 6.40. The fraction of sp³-hybridized carbons (Fsp3) is 0.900. The minimum absolute atomic E-state index is 0. The fourth-order valence-electron chi connectivity index (χ4n) is 1.01. The van der Waals surface area contributed by atoms with Gasteiger partial charge in [0.25, 0.3) is 0 Å². The summed E-state index contributed by atoms with van der Waals surface area (Å²) in [5.74, 6) is -0.0241. The largest absolute Gasteiger partial charge is 0.366 e. The van der Waals surface area contributed by atoms with Gasteiger partial charge < -0.3 is 15.4 Å². The van der Waals surface area contributed by atoms with Gasteiger partial charge in [0.05, 0.1) is 6.10 Å². The van der Waals surface area contributed by atoms with E-state index in [2.05, 4.69) is 24.5 Å². The van der Waals surface area contributed by atoms with E-state index in [1.54, 1.807) is 11.8 Å². The van der Waals surface area contributed by atoms with Crippen molar-refractivity contribution in [2.24, 2.45) is 0 Å². The molecule has 0 atom stereocenters. The second-order valence-corrected chi connectivity index (χ2v) is 5.85. The van der Waals surface area contributed by atoms with Crippen LogP contribution in [0.4, 0.5) is 0 Å². The smallest absolute Gasteiger partial charge is 0.246 e. The van der Waals surface area contributed by atoms with Gasteiger partial charge in [-0.1, -0.05) is 0 Å². The Morgan fingerprint density at radius 1 is 1.56 bits per heavy atom. The van der Waals surface area contributed by atoms with Gasteiger partial charge in [-0.25, -0.2) is 0 Å². The topological polar surface area (TPSA) is 50.4 Å². The number of carbonyl (C=O) groups excluding carboxylic acids is 1. The van der Waals surface area contributed by atoms with Crippen LogP contribution in [0.1, 0.15) is 13.8 Å². The van der Waals surface area contributed by atoms with Gasteiger partial charge in [0.2, 0.25) is 5.91 Å². The van der Waals surface area contributed by atoms with Crippen LogP contribution in [0, 0.1) is 0 Å². The van der Waals surface area contributed by atoms with Crippen LogP contribution in [0.3, 0.4) is 0 Å². The standard InChI is InChI=1S/C10H20N2O2S.ClH/c1-10(2,15-3)7-12-9(13)6-14-8-4-11-5-8;/h8,11H,4-7H2,1-3H3,(H,12,13);1H. The molecule has 0 aromatic heterocycles. The number of thioether (sulfide) groups is 1. The molecular formula is C10H21ClN2O2S. The molecule has 0 aliphatic carbocycles. The third kappa shape index (κ3) is 5.94. The zero-order valence-electron chi connectivity index (χ0n) is 10.0. The Bertz CT molecular complexity index is 223. The van der Waals surface area contributed by atoms with E-state index in [1.165, 1.54) is 0 Å². The predicted molar refractivity (Wildman–Crippen MR) is 70.5 cm³/mol. The fourth-order valence-corrected chi connectivity index (χ4v) is 1.22. The van der Waals surface area contributed by atoms with E-state index in [0.29, 0.717) is 6.54 Å². The quantitative estimate of drug-likeness (QED) is 0.743. The predicted octanol–water partition coefficient (Wildman–Crippen LogP) is 0.654. The molecule has 0 aromatic rings. The Hall–Kier alpha value is 0.0300. The number of nitrogens with one attached hydrogen (secondary N) is 2. The van der Waals surface area contributed by atoms with Crippen LogP contribution in [0.5, 0.6) is 0 Å². The highest BCUT2D eigenvalue weighted by molar-refractivity contribution is 7.99. The van der Waals surface area contributed by atoms with Crippen LogP contribution >= 0.6 is 24.2 Å². The number of ether oxygens (including phenoxy) is 1. The summed E-state index contributed by atoms with van der Waals surface area (Å²) in [7, 11) is 0. The SMILES string of the molecule is CSC(C)(C)CNC(=O)COC1CNC1.Cl. The molecular weight excluding hydrogens is 248 g/mol. The molecule has 0 saturated carbocycles. The molecule has 1 amide bonds. The lowest BCUT2D eigenvalue weighted by molar-refractivity contribution is -0.128. The van der Waals surface area contributed by atoms with Crippen LogP contribution in [-0.4, -0.2) is 49.3 Å². The summed E-state index contributed by atoms with van der Waals surface area (Å²) in [5.41, 5.74) is 0. The molecule has 0 spiro atoms. The third-order valence-electron chi connectivity index (χ3n) is 2.46. The van der Waals surface area contributed by atoms with E-state index in [4.69, 9.17) is 4.74 Å². The summed E-state index contributed by atoms with van der Waals surface area (Å²) in [6, 6.07) is 0. The summed E-state index contributed by atoms with van der Waals surface area (Å²) in [6.45, 7) is 6.80. The van der Waals surface area contributed by atoms with Crippen molar-refractivity contribution < 1.29 is 9.53 Å². The van der Waals surface area contributed by atoms with Crippen molar-refractivity contribution in [3.63, 3.8) is 0 Å². The molecule has 0 bridgehead atoms. The molecule has 1 saturated heterocycles. The number of amides is 1. The molecule has 0 aromatic carbocycles. The van der Waals surface area contributed by atoms with Gasteiger partial charge in [0.15, 0.2) is 0 Å². The van der Waals surface area contributed by atoms with E-state index in [0.717, 1.165) is 13.1 Å². The first-order valence-electron chi connectivity index (χ1n) is 5.18. The molecule has 1 aliphatic rings. The number of carbonyl (C=O) groups is 1. The summed E-state index contributed by atoms with van der Waals surface area (Å²) in [4.78, 5) is 11.4. The summed E-state index contributed by atoms with van der Waals surface area (Å²) >= 11 is 1.74. The zero-order valence-corrected chi connectivity index (χ0v) is 11.7. The molecule has 4 nitrogen and oxygen atoms in total. The number of hydrogen-bond acceptors (Lipinski definition) is 4. The average Bonchev–Trinajstić information content (AvgIpc) is 2.13. The van der Waals surface area contributed by atoms with Gasteiger partial charge in [-0.05, 0) is 20.1 Å². The zero-order chi connectivity index (χ0) is 11.3. The minimum Gasteiger partial charge on any atom is -0.366 e. The maximum absolute atomic E-state index is 11.4. The van der Waals surface area contributed by atoms with Crippen molar-refractivity contribution in [2.45, 2.75) is 24.7 Å². The molecule has 1 rings (SSSR count). The Morgan fingerprint density at radius 2 is 2.19 bits per heavy atom. The molecule has 0 radical (unpaired) electrons. The highest BCUT2D eigenvalue weighted by atomic mass is 35.5. The molecule has 1 aliphatic heterocycles. The van der Waals surface area contributed by atoms with Gasteiger partial charge in [-0.2, -0.15) is 11.8 Å². The van der Waals surface area contributed by atoms with Gasteiger partial charge >= 0.3 is 0 Å². The van der Waals surface area contributed by atoms with Gasteiger partial charge in [0, 0.05) is 24.4 Å². The lowest BCUT2D eigenvalue weighted by atomic mass is 10.2. The van der Waals surface area contributed by atoms with Crippen LogP contribution in [0.25, 0.3) is 0 Å². The highest BCUT2D eigenvalue weighted by Gasteiger charge is 2.20. The van der Waals surface area contributed by atoms with Crippen LogP contribution in [-0.2, 0) is 9.53 Å². The van der Waals surface area contributed by atoms with Crippen molar-refractivity contribution in [1.29, 1.82) is 0 Å². The van der Waals surface area contributed by atoms with Crippen LogP contribution in [0.15, 0.2) is 0 Å². The lowest BCUT2D eigenvalue weighted by Crippen LogP contribution is -2.50. The summed E-state index contributed by atoms with van der Waals surface area (Å²) in [5, 5.41) is 5.96. The maximum Gasteiger partial charge on any atom is 0.246 e. The Kier molecular flexibility index (Phi) is 7.39. The van der Waals surface area contributed by atoms with E-state index in [1.807, 2.05) is 6.26 Å². The molecule has 1 fully saturated rings. The van der Waals surface area contributed by atoms with Gasteiger partial charge in [0.1, 0.15) is 6.61 Å². The van der Waals surface area contributed by atoms with Crippen LogP contribution in [0.2, 0.25) is 0 Å². The molecule has 1 heterocycles. The monoisotopic (exact) mass is 268 g/mol. The Labute approximate surface area is 108 Å². The Balaban J connectivity index is 0.00000225. The molecule has 0 unspecified atom stereocenters. The number of hydrogen-bond donors (Lipinski definition) is 2. The first kappa shape index (κ1) is 16.0. The average molecular weight is 269 g/mol. The van der Waals surface area contributed by atoms with Gasteiger partial charge in [-0.15, -0.1) is 12.4 Å². The number of halogens is 1. The van der Waals surface area contributed by atoms with Crippen molar-refractivity contribution in [2.75, 3.05) is 32.5 Å². The molecule has 2 N–H and O–H groups in total. The molecule has 6 heteroatoms. The second kappa shape index (κ2) is 7.37. The number of rotatable bonds is 6. The Morgan fingerprint density at radius 3 is 2.62 bits per heavy atom. The first-order chi connectivity index (χ1) is 7.03. The van der Waals surface area contributed by atoms with Crippen molar-refractivity contribution in [3.8, 4) is 0 Å². The third-order valence-corrected chi connectivity index (χ3v) is 3.71. The van der Waals surface area contributed by atoms with E-state index in [-0.39, 0.29) is 35.8 Å². The summed E-state index contributed by atoms with van der Waals surface area (Å²) < 4.78 is 5.45. The minimum atomic E-state index is -0.0241. The van der Waals surface area contributed by atoms with Crippen molar-refractivity contribution in [1.82, 2.24) is 10.6 Å². The van der Waals surface area contributed by atoms with E-state index >= 15 is 0 Å². The molecule has 16 heavy (non-hydrogen) atoms. The maximum atomic E-state index is 11.4. The highest BCUT2D eigenvalue weighted by Crippen LogP contribution is 2.19. The van der Waals surface area contributed by atoms with E-state index < -0.39 is 0 Å². The van der Waals surface area contributed by atoms with Crippen LogP contribution < -0.4 is 10.6 Å². The summed E-state index contributed by atoms with van der Waals surface area (Å²) in [6.07, 6.45) is 2.27. The lowest BCUT2D eigenvalue weighted by Gasteiger charge is -2.27. The second-order valence-electron chi connectivity index (χ2n) is 4.33.